The van der Waals surface area contributed by atoms with E-state index in [4.69, 9.17) is 39.8 Å². The van der Waals surface area contributed by atoms with Crippen molar-refractivity contribution in [3.05, 3.63) is 0 Å². The first-order valence-corrected chi connectivity index (χ1v) is 11.3. The van der Waals surface area contributed by atoms with Gasteiger partial charge in [-0.15, -0.1) is 0 Å². The normalized spacial score (nSPS) is 44.1. The quantitative estimate of drug-likeness (QED) is 0.623. The summed E-state index contributed by atoms with van der Waals surface area (Å²) in [6, 6.07) is 0. The first-order valence-electron chi connectivity index (χ1n) is 8.68. The molecule has 2 saturated heterocycles. The molecule has 0 amide bonds. The standard InChI is InChI=1S/C16H31O7PS/c1-9-11(3)22-14(15(9)19-6)8-20-24(17,25)23-16-10(2)12(4)21-13(16)7-18-5/h9-16H,7-8H2,1-6H3,(H,17,25). The maximum atomic E-state index is 10.5. The van der Waals surface area contributed by atoms with Crippen LogP contribution >= 0.6 is 6.72 Å². The molecule has 0 aromatic rings. The van der Waals surface area contributed by atoms with Crippen LogP contribution in [0.4, 0.5) is 0 Å². The van der Waals surface area contributed by atoms with E-state index in [1.54, 1.807) is 14.2 Å². The number of hydrogen-bond donors (Lipinski definition) is 1. The Kier molecular flexibility index (Phi) is 7.84. The molecule has 2 fully saturated rings. The summed E-state index contributed by atoms with van der Waals surface area (Å²) >= 11 is 5.21. The van der Waals surface area contributed by atoms with Gasteiger partial charge in [-0.1, -0.05) is 13.8 Å². The maximum Gasteiger partial charge on any atom is 0.324 e. The lowest BCUT2D eigenvalue weighted by Crippen LogP contribution is -2.33. The third-order valence-electron chi connectivity index (χ3n) is 5.29. The monoisotopic (exact) mass is 398 g/mol. The zero-order valence-corrected chi connectivity index (χ0v) is 17.5. The zero-order chi connectivity index (χ0) is 18.8. The van der Waals surface area contributed by atoms with E-state index in [9.17, 15) is 4.89 Å². The number of rotatable bonds is 8. The summed E-state index contributed by atoms with van der Waals surface area (Å²) in [5, 5.41) is 0. The molecule has 2 heterocycles. The van der Waals surface area contributed by atoms with E-state index < -0.39 is 6.72 Å². The highest BCUT2D eigenvalue weighted by atomic mass is 32.5. The van der Waals surface area contributed by atoms with Crippen LogP contribution in [0.5, 0.6) is 0 Å². The fraction of sp³-hybridized carbons (Fsp3) is 1.00. The molecular formula is C16H31O7PS. The topological polar surface area (TPSA) is 75.6 Å². The predicted molar refractivity (Wildman–Crippen MR) is 97.0 cm³/mol. The fourth-order valence-corrected chi connectivity index (χ4v) is 4.99. The van der Waals surface area contributed by atoms with Crippen LogP contribution in [0.15, 0.2) is 0 Å². The largest absolute Gasteiger partial charge is 0.382 e. The van der Waals surface area contributed by atoms with Crippen molar-refractivity contribution in [1.82, 2.24) is 0 Å². The number of hydrogen-bond acceptors (Lipinski definition) is 7. The Morgan fingerprint density at radius 1 is 0.920 bits per heavy atom. The highest BCUT2D eigenvalue weighted by molar-refractivity contribution is 8.07. The minimum Gasteiger partial charge on any atom is -0.382 e. The summed E-state index contributed by atoms with van der Waals surface area (Å²) in [5.74, 6) is 0.318. The van der Waals surface area contributed by atoms with Crippen LogP contribution in [0.2, 0.25) is 0 Å². The highest BCUT2D eigenvalue weighted by Gasteiger charge is 2.44. The van der Waals surface area contributed by atoms with E-state index in [-0.39, 0.29) is 55.1 Å². The van der Waals surface area contributed by atoms with Crippen molar-refractivity contribution in [2.75, 3.05) is 27.4 Å². The van der Waals surface area contributed by atoms with Crippen molar-refractivity contribution in [3.8, 4) is 0 Å². The molecule has 2 aliphatic rings. The summed E-state index contributed by atoms with van der Waals surface area (Å²) in [7, 11) is 3.25. The molecular weight excluding hydrogens is 367 g/mol. The second-order valence-corrected chi connectivity index (χ2v) is 9.76. The first kappa shape index (κ1) is 21.7. The Labute approximate surface area is 155 Å². The molecule has 0 aromatic carbocycles. The number of ether oxygens (including phenoxy) is 4. The minimum atomic E-state index is -3.43. The van der Waals surface area contributed by atoms with Crippen LogP contribution in [-0.4, -0.2) is 69.0 Å². The fourth-order valence-electron chi connectivity index (χ4n) is 3.48. The lowest BCUT2D eigenvalue weighted by atomic mass is 9.99. The third kappa shape index (κ3) is 5.21. The van der Waals surface area contributed by atoms with Crippen LogP contribution in [0, 0.1) is 11.8 Å². The summed E-state index contributed by atoms with van der Waals surface area (Å²) in [4.78, 5) is 10.5. The Bertz CT molecular complexity index is 479. The molecule has 2 aliphatic heterocycles. The van der Waals surface area contributed by atoms with Gasteiger partial charge in [-0.05, 0) is 25.7 Å². The van der Waals surface area contributed by atoms with Gasteiger partial charge < -0.3 is 32.9 Å². The van der Waals surface area contributed by atoms with Crippen molar-refractivity contribution in [2.45, 2.75) is 64.3 Å². The SMILES string of the molecule is COCC1OC(C)C(C)C1OP(O)(=S)OCC1OC(C)C(C)C1OC. The van der Waals surface area contributed by atoms with Crippen molar-refractivity contribution in [1.29, 1.82) is 0 Å². The lowest BCUT2D eigenvalue weighted by Gasteiger charge is -2.27. The van der Waals surface area contributed by atoms with Gasteiger partial charge in [0.15, 0.2) is 0 Å². The summed E-state index contributed by atoms with van der Waals surface area (Å²) in [6.07, 6.45) is -0.961. The summed E-state index contributed by atoms with van der Waals surface area (Å²) in [5.41, 5.74) is 0. The van der Waals surface area contributed by atoms with Crippen LogP contribution in [0.3, 0.4) is 0 Å². The average Bonchev–Trinajstić information content (AvgIpc) is 2.97. The Hall–Kier alpha value is 0.370. The maximum absolute atomic E-state index is 10.5. The summed E-state index contributed by atoms with van der Waals surface area (Å²) in [6.45, 7) is 5.11. The van der Waals surface area contributed by atoms with E-state index >= 15 is 0 Å². The molecule has 0 saturated carbocycles. The Morgan fingerprint density at radius 3 is 1.96 bits per heavy atom. The summed E-state index contributed by atoms with van der Waals surface area (Å²) < 4.78 is 33.7. The molecule has 0 aliphatic carbocycles. The second-order valence-electron chi connectivity index (χ2n) is 6.97. The molecule has 0 spiro atoms. The van der Waals surface area contributed by atoms with Gasteiger partial charge in [-0.25, -0.2) is 0 Å². The van der Waals surface area contributed by atoms with Crippen LogP contribution in [-0.2, 0) is 39.8 Å². The van der Waals surface area contributed by atoms with Gasteiger partial charge in [0, 0.05) is 26.1 Å². The van der Waals surface area contributed by atoms with Gasteiger partial charge in [-0.3, -0.25) is 0 Å². The van der Waals surface area contributed by atoms with Crippen LogP contribution in [0.25, 0.3) is 0 Å². The lowest BCUT2D eigenvalue weighted by molar-refractivity contribution is -0.0398. The minimum absolute atomic E-state index is 0.00196. The van der Waals surface area contributed by atoms with E-state index in [2.05, 4.69) is 6.92 Å². The molecule has 1 N–H and O–H groups in total. The van der Waals surface area contributed by atoms with Crippen LogP contribution in [0.1, 0.15) is 27.7 Å². The van der Waals surface area contributed by atoms with Gasteiger partial charge in [0.2, 0.25) is 0 Å². The van der Waals surface area contributed by atoms with Gasteiger partial charge in [0.25, 0.3) is 0 Å². The average molecular weight is 398 g/mol. The zero-order valence-electron chi connectivity index (χ0n) is 15.8. The highest BCUT2D eigenvalue weighted by Crippen LogP contribution is 2.49. The molecule has 2 rings (SSSR count). The van der Waals surface area contributed by atoms with Gasteiger partial charge in [-0.2, -0.15) is 0 Å². The predicted octanol–water partition coefficient (Wildman–Crippen LogP) is 2.11. The molecule has 0 aromatic heterocycles. The molecule has 9 atom stereocenters. The first-order chi connectivity index (χ1) is 11.7. The third-order valence-corrected chi connectivity index (χ3v) is 6.85. The number of methoxy groups -OCH3 is 2. The van der Waals surface area contributed by atoms with E-state index in [0.29, 0.717) is 6.61 Å². The van der Waals surface area contributed by atoms with E-state index in [0.717, 1.165) is 0 Å². The van der Waals surface area contributed by atoms with Crippen molar-refractivity contribution in [2.24, 2.45) is 11.8 Å². The van der Waals surface area contributed by atoms with Gasteiger partial charge >= 0.3 is 6.72 Å². The molecule has 9 unspecified atom stereocenters. The van der Waals surface area contributed by atoms with E-state index in [1.165, 1.54) is 0 Å². The van der Waals surface area contributed by atoms with Crippen molar-refractivity contribution >= 4 is 18.5 Å². The molecule has 0 radical (unpaired) electrons. The molecule has 148 valence electrons. The smallest absolute Gasteiger partial charge is 0.324 e. The van der Waals surface area contributed by atoms with Crippen LogP contribution < -0.4 is 0 Å². The van der Waals surface area contributed by atoms with Gasteiger partial charge in [0.1, 0.15) is 18.3 Å². The molecule has 0 bridgehead atoms. The molecule has 25 heavy (non-hydrogen) atoms. The van der Waals surface area contributed by atoms with E-state index in [1.807, 2.05) is 20.8 Å². The van der Waals surface area contributed by atoms with Crippen molar-refractivity contribution in [3.63, 3.8) is 0 Å². The Balaban J connectivity index is 1.94. The van der Waals surface area contributed by atoms with Crippen molar-refractivity contribution < 1.29 is 32.9 Å². The molecule has 7 nitrogen and oxygen atoms in total. The second kappa shape index (κ2) is 9.04. The van der Waals surface area contributed by atoms with Gasteiger partial charge in [0.05, 0.1) is 31.5 Å². The Morgan fingerprint density at radius 2 is 1.44 bits per heavy atom. The molecule has 9 heteroatoms.